The average molecular weight is 495 g/mol. The monoisotopic (exact) mass is 494 g/mol. The summed E-state index contributed by atoms with van der Waals surface area (Å²) < 4.78 is 47.8. The van der Waals surface area contributed by atoms with Gasteiger partial charge in [0, 0.05) is 13.1 Å². The standard InChI is InChI=1S/C21H26N4O8S/c1-13-10-25(11-14(2)33-13)34(28,29)16-7-5-15(6-8-16)20(27)32-12-17(26)22-21-23-18(30-3)9-19(24-21)31-4/h5-9,13-14H,10-12H2,1-4H3,(H,22,23,24,26). The SMILES string of the molecule is COc1cc(OC)nc(NC(=O)COC(=O)c2ccc(S(=O)(=O)N3CC(C)OC(C)C3)cc2)n1. The topological polar surface area (TPSA) is 146 Å². The zero-order valence-corrected chi connectivity index (χ0v) is 20.0. The highest BCUT2D eigenvalue weighted by Crippen LogP contribution is 2.22. The molecular formula is C21H26N4O8S. The predicted molar refractivity (Wildman–Crippen MR) is 119 cm³/mol. The quantitative estimate of drug-likeness (QED) is 0.529. The highest BCUT2D eigenvalue weighted by atomic mass is 32.2. The number of benzene rings is 1. The molecule has 1 amide bonds. The molecule has 1 aliphatic heterocycles. The molecule has 2 atom stereocenters. The van der Waals surface area contributed by atoms with Crippen molar-refractivity contribution in [3.63, 3.8) is 0 Å². The maximum absolute atomic E-state index is 12.9. The van der Waals surface area contributed by atoms with Gasteiger partial charge in [-0.1, -0.05) is 0 Å². The molecule has 0 saturated carbocycles. The number of sulfonamides is 1. The predicted octanol–water partition coefficient (Wildman–Crippen LogP) is 1.09. The van der Waals surface area contributed by atoms with Gasteiger partial charge in [-0.2, -0.15) is 14.3 Å². The molecule has 0 spiro atoms. The summed E-state index contributed by atoms with van der Waals surface area (Å²) in [6.07, 6.45) is -0.440. The Kier molecular flexibility index (Phi) is 8.02. The van der Waals surface area contributed by atoms with E-state index in [4.69, 9.17) is 18.9 Å². The number of morpholine rings is 1. The Labute approximate surface area is 197 Å². The molecule has 1 aliphatic rings. The number of nitrogens with zero attached hydrogens (tertiary/aromatic N) is 3. The third-order valence-electron chi connectivity index (χ3n) is 4.80. The average Bonchev–Trinajstić information content (AvgIpc) is 2.81. The fraction of sp³-hybridized carbons (Fsp3) is 0.429. The van der Waals surface area contributed by atoms with Crippen LogP contribution >= 0.6 is 0 Å². The second kappa shape index (κ2) is 10.8. The molecule has 0 bridgehead atoms. The Balaban J connectivity index is 1.59. The summed E-state index contributed by atoms with van der Waals surface area (Å²) in [5, 5.41) is 2.38. The second-order valence-electron chi connectivity index (χ2n) is 7.50. The summed E-state index contributed by atoms with van der Waals surface area (Å²) >= 11 is 0. The van der Waals surface area contributed by atoms with Crippen molar-refractivity contribution in [2.24, 2.45) is 0 Å². The number of anilines is 1. The third kappa shape index (κ3) is 6.18. The largest absolute Gasteiger partial charge is 0.481 e. The molecule has 12 nitrogen and oxygen atoms in total. The van der Waals surface area contributed by atoms with Gasteiger partial charge in [0.2, 0.25) is 27.7 Å². The number of aromatic nitrogens is 2. The van der Waals surface area contributed by atoms with Gasteiger partial charge in [-0.25, -0.2) is 13.2 Å². The lowest BCUT2D eigenvalue weighted by molar-refractivity contribution is -0.119. The van der Waals surface area contributed by atoms with Crippen molar-refractivity contribution in [2.75, 3.05) is 39.2 Å². The normalized spacial score (nSPS) is 18.7. The molecule has 1 aromatic heterocycles. The van der Waals surface area contributed by atoms with Gasteiger partial charge in [-0.05, 0) is 38.1 Å². The molecule has 0 aliphatic carbocycles. The molecule has 13 heteroatoms. The van der Waals surface area contributed by atoms with E-state index in [1.54, 1.807) is 0 Å². The van der Waals surface area contributed by atoms with Crippen LogP contribution in [0.15, 0.2) is 35.2 Å². The molecule has 1 saturated heterocycles. The Morgan fingerprint density at radius 3 is 2.15 bits per heavy atom. The lowest BCUT2D eigenvalue weighted by Crippen LogP contribution is -2.48. The number of esters is 1. The van der Waals surface area contributed by atoms with Gasteiger partial charge < -0.3 is 18.9 Å². The second-order valence-corrected chi connectivity index (χ2v) is 9.44. The van der Waals surface area contributed by atoms with Crippen LogP contribution in [0.1, 0.15) is 24.2 Å². The maximum atomic E-state index is 12.9. The van der Waals surface area contributed by atoms with Crippen molar-refractivity contribution in [3.05, 3.63) is 35.9 Å². The van der Waals surface area contributed by atoms with Crippen molar-refractivity contribution in [1.82, 2.24) is 14.3 Å². The zero-order valence-electron chi connectivity index (χ0n) is 19.2. The van der Waals surface area contributed by atoms with Crippen LogP contribution in [-0.2, 0) is 24.3 Å². The molecule has 0 radical (unpaired) electrons. The Hall–Kier alpha value is -3.29. The number of hydrogen-bond donors (Lipinski definition) is 1. The van der Waals surface area contributed by atoms with E-state index in [2.05, 4.69) is 15.3 Å². The van der Waals surface area contributed by atoms with Gasteiger partial charge in [-0.3, -0.25) is 10.1 Å². The van der Waals surface area contributed by atoms with E-state index in [-0.39, 0.29) is 53.5 Å². The van der Waals surface area contributed by atoms with Crippen molar-refractivity contribution in [3.8, 4) is 11.8 Å². The van der Waals surface area contributed by atoms with Crippen molar-refractivity contribution in [2.45, 2.75) is 31.0 Å². The molecule has 1 N–H and O–H groups in total. The van der Waals surface area contributed by atoms with Crippen LogP contribution in [0.4, 0.5) is 5.95 Å². The first-order chi connectivity index (χ1) is 16.1. The minimum atomic E-state index is -3.74. The number of ether oxygens (including phenoxy) is 4. The van der Waals surface area contributed by atoms with Crippen molar-refractivity contribution < 1.29 is 37.0 Å². The molecule has 2 heterocycles. The summed E-state index contributed by atoms with van der Waals surface area (Å²) in [4.78, 5) is 32.4. The number of nitrogens with one attached hydrogen (secondary N) is 1. The number of amides is 1. The van der Waals surface area contributed by atoms with E-state index in [9.17, 15) is 18.0 Å². The van der Waals surface area contributed by atoms with Crippen LogP contribution < -0.4 is 14.8 Å². The number of rotatable bonds is 8. The van der Waals surface area contributed by atoms with E-state index in [1.807, 2.05) is 13.8 Å². The maximum Gasteiger partial charge on any atom is 0.338 e. The van der Waals surface area contributed by atoms with E-state index in [1.165, 1.54) is 48.9 Å². The van der Waals surface area contributed by atoms with E-state index in [0.29, 0.717) is 0 Å². The number of methoxy groups -OCH3 is 2. The zero-order chi connectivity index (χ0) is 24.9. The van der Waals surface area contributed by atoms with Gasteiger partial charge in [0.05, 0.1) is 43.0 Å². The summed E-state index contributed by atoms with van der Waals surface area (Å²) in [5.41, 5.74) is 0.0924. The highest BCUT2D eigenvalue weighted by Gasteiger charge is 2.32. The van der Waals surface area contributed by atoms with Gasteiger partial charge in [-0.15, -0.1) is 0 Å². The summed E-state index contributed by atoms with van der Waals surface area (Å²) in [5.74, 6) is -1.21. The Bertz CT molecular complexity index is 1110. The fourth-order valence-electron chi connectivity index (χ4n) is 3.28. The van der Waals surface area contributed by atoms with Gasteiger partial charge in [0.1, 0.15) is 0 Å². The van der Waals surface area contributed by atoms with E-state index >= 15 is 0 Å². The number of carbonyl (C=O) groups excluding carboxylic acids is 2. The fourth-order valence-corrected chi connectivity index (χ4v) is 4.87. The van der Waals surface area contributed by atoms with Crippen LogP contribution in [0.5, 0.6) is 11.8 Å². The highest BCUT2D eigenvalue weighted by molar-refractivity contribution is 7.89. The first-order valence-electron chi connectivity index (χ1n) is 10.3. The number of hydrogen-bond acceptors (Lipinski definition) is 10. The number of carbonyl (C=O) groups is 2. The molecule has 3 rings (SSSR count). The van der Waals surface area contributed by atoms with E-state index in [0.717, 1.165) is 0 Å². The molecule has 1 aromatic carbocycles. The third-order valence-corrected chi connectivity index (χ3v) is 6.64. The lowest BCUT2D eigenvalue weighted by atomic mass is 10.2. The van der Waals surface area contributed by atoms with Crippen molar-refractivity contribution >= 4 is 27.8 Å². The Morgan fingerprint density at radius 2 is 1.62 bits per heavy atom. The molecule has 1 fully saturated rings. The molecule has 2 unspecified atom stereocenters. The molecule has 2 aromatic rings. The van der Waals surface area contributed by atoms with Crippen LogP contribution in [0.3, 0.4) is 0 Å². The van der Waals surface area contributed by atoms with Crippen molar-refractivity contribution in [1.29, 1.82) is 0 Å². The van der Waals surface area contributed by atoms with Crippen LogP contribution in [-0.4, -0.2) is 80.7 Å². The molecular weight excluding hydrogens is 468 g/mol. The van der Waals surface area contributed by atoms with Crippen LogP contribution in [0.25, 0.3) is 0 Å². The summed E-state index contributed by atoms with van der Waals surface area (Å²) in [6.45, 7) is 3.50. The first kappa shape index (κ1) is 25.3. The minimum Gasteiger partial charge on any atom is -0.481 e. The first-order valence-corrected chi connectivity index (χ1v) is 11.8. The van der Waals surface area contributed by atoms with Gasteiger partial charge in [0.15, 0.2) is 6.61 Å². The van der Waals surface area contributed by atoms with Gasteiger partial charge >= 0.3 is 5.97 Å². The van der Waals surface area contributed by atoms with Gasteiger partial charge in [0.25, 0.3) is 5.91 Å². The molecule has 184 valence electrons. The van der Waals surface area contributed by atoms with E-state index < -0.39 is 28.5 Å². The lowest BCUT2D eigenvalue weighted by Gasteiger charge is -2.34. The summed E-state index contributed by atoms with van der Waals surface area (Å²) in [6, 6.07) is 6.74. The Morgan fingerprint density at radius 1 is 1.06 bits per heavy atom. The van der Waals surface area contributed by atoms with Crippen LogP contribution in [0, 0.1) is 0 Å². The van der Waals surface area contributed by atoms with Crippen LogP contribution in [0.2, 0.25) is 0 Å². The minimum absolute atomic E-state index is 0.0483. The summed E-state index contributed by atoms with van der Waals surface area (Å²) in [7, 11) is -0.947. The molecule has 34 heavy (non-hydrogen) atoms. The smallest absolute Gasteiger partial charge is 0.338 e.